The first kappa shape index (κ1) is 18.7. The van der Waals surface area contributed by atoms with Crippen molar-refractivity contribution in [3.8, 4) is 0 Å². The highest BCUT2D eigenvalue weighted by Gasteiger charge is 2.64. The Morgan fingerprint density at radius 2 is 1.70 bits per heavy atom. The standard InChI is InChI=1S/C17H13F5N4O/c1-10-8-11(23-25(10)2)9-13-14(16(18,19)17(20,21)22)24-26(15(13)27)12-6-4-3-5-7-12/h3-9H,1-2H3. The van der Waals surface area contributed by atoms with Crippen molar-refractivity contribution in [1.82, 2.24) is 9.78 Å². The fraction of sp³-hybridized carbons (Fsp3) is 0.235. The molecule has 5 nitrogen and oxygen atoms in total. The number of carbonyl (C=O) groups excluding carboxylic acids is 1. The van der Waals surface area contributed by atoms with Crippen LogP contribution in [0, 0.1) is 6.92 Å². The van der Waals surface area contributed by atoms with Crippen molar-refractivity contribution in [1.29, 1.82) is 0 Å². The Bertz CT molecular complexity index is 924. The molecule has 1 aromatic carbocycles. The summed E-state index contributed by atoms with van der Waals surface area (Å²) in [6.07, 6.45) is -5.02. The molecule has 10 heteroatoms. The molecule has 27 heavy (non-hydrogen) atoms. The molecule has 0 saturated carbocycles. The Morgan fingerprint density at radius 3 is 2.22 bits per heavy atom. The largest absolute Gasteiger partial charge is 0.459 e. The van der Waals surface area contributed by atoms with Gasteiger partial charge in [-0.2, -0.15) is 37.2 Å². The number of anilines is 1. The van der Waals surface area contributed by atoms with Crippen LogP contribution in [0.4, 0.5) is 27.6 Å². The van der Waals surface area contributed by atoms with Gasteiger partial charge < -0.3 is 0 Å². The fourth-order valence-corrected chi connectivity index (χ4v) is 2.46. The Balaban J connectivity index is 2.15. The van der Waals surface area contributed by atoms with E-state index in [-0.39, 0.29) is 11.4 Å². The second kappa shape index (κ2) is 6.29. The number of hydrazone groups is 1. The van der Waals surface area contributed by atoms with Gasteiger partial charge in [0, 0.05) is 12.7 Å². The summed E-state index contributed by atoms with van der Waals surface area (Å²) in [5.74, 6) is -6.40. The van der Waals surface area contributed by atoms with Crippen LogP contribution in [0.2, 0.25) is 0 Å². The van der Waals surface area contributed by atoms with Gasteiger partial charge in [0.15, 0.2) is 5.71 Å². The fourth-order valence-electron chi connectivity index (χ4n) is 2.46. The Kier molecular flexibility index (Phi) is 4.37. The Labute approximate surface area is 150 Å². The molecule has 2 aromatic rings. The second-order valence-electron chi connectivity index (χ2n) is 5.87. The van der Waals surface area contributed by atoms with Gasteiger partial charge in [-0.3, -0.25) is 9.48 Å². The molecule has 1 aliphatic heterocycles. The molecule has 0 bridgehead atoms. The van der Waals surface area contributed by atoms with E-state index >= 15 is 0 Å². The lowest BCUT2D eigenvalue weighted by Crippen LogP contribution is -2.44. The van der Waals surface area contributed by atoms with Crippen molar-refractivity contribution in [2.45, 2.75) is 19.0 Å². The molecule has 0 fully saturated rings. The van der Waals surface area contributed by atoms with Gasteiger partial charge in [-0.05, 0) is 31.2 Å². The predicted molar refractivity (Wildman–Crippen MR) is 88.3 cm³/mol. The van der Waals surface area contributed by atoms with Gasteiger partial charge >= 0.3 is 12.1 Å². The molecular weight excluding hydrogens is 371 g/mol. The molecule has 2 heterocycles. The normalized spacial score (nSPS) is 17.0. The highest BCUT2D eigenvalue weighted by atomic mass is 19.4. The average Bonchev–Trinajstić information content (AvgIpc) is 3.08. The molecule has 1 aromatic heterocycles. The summed E-state index contributed by atoms with van der Waals surface area (Å²) in [5.41, 5.74) is -1.75. The summed E-state index contributed by atoms with van der Waals surface area (Å²) in [6, 6.07) is 8.81. The number of aromatic nitrogens is 2. The number of halogens is 5. The van der Waals surface area contributed by atoms with E-state index in [9.17, 15) is 26.7 Å². The second-order valence-corrected chi connectivity index (χ2v) is 5.87. The molecule has 142 valence electrons. The Morgan fingerprint density at radius 1 is 1.07 bits per heavy atom. The van der Waals surface area contributed by atoms with Crippen LogP contribution in [0.25, 0.3) is 6.08 Å². The monoisotopic (exact) mass is 384 g/mol. The topological polar surface area (TPSA) is 50.5 Å². The van der Waals surface area contributed by atoms with E-state index in [1.165, 1.54) is 35.0 Å². The third-order valence-electron chi connectivity index (χ3n) is 3.96. The maximum Gasteiger partial charge on any atom is 0.459 e. The molecule has 0 radical (unpaired) electrons. The molecular formula is C17H13F5N4O. The van der Waals surface area contributed by atoms with Crippen LogP contribution in [0.1, 0.15) is 11.4 Å². The van der Waals surface area contributed by atoms with Gasteiger partial charge in [0.2, 0.25) is 0 Å². The van der Waals surface area contributed by atoms with Crippen LogP contribution in [0.3, 0.4) is 0 Å². The number of carbonyl (C=O) groups is 1. The number of benzene rings is 1. The zero-order valence-corrected chi connectivity index (χ0v) is 14.1. The van der Waals surface area contributed by atoms with E-state index in [0.29, 0.717) is 10.7 Å². The molecule has 0 aliphatic carbocycles. The molecule has 1 amide bonds. The summed E-state index contributed by atoms with van der Waals surface area (Å²) in [5, 5.41) is 7.81. The van der Waals surface area contributed by atoms with Gasteiger partial charge in [0.1, 0.15) is 0 Å². The van der Waals surface area contributed by atoms with Crippen molar-refractivity contribution < 1.29 is 26.7 Å². The summed E-state index contributed by atoms with van der Waals surface area (Å²) in [7, 11) is 1.57. The zero-order valence-electron chi connectivity index (χ0n) is 14.1. The lowest BCUT2D eigenvalue weighted by Gasteiger charge is -2.19. The average molecular weight is 384 g/mol. The van der Waals surface area contributed by atoms with Crippen LogP contribution in [0.5, 0.6) is 0 Å². The minimum absolute atomic E-state index is 0.0681. The summed E-state index contributed by atoms with van der Waals surface area (Å²) < 4.78 is 68.2. The summed E-state index contributed by atoms with van der Waals surface area (Å²) in [4.78, 5) is 12.6. The molecule has 0 saturated heterocycles. The van der Waals surface area contributed by atoms with Gasteiger partial charge in [-0.25, -0.2) is 0 Å². The van der Waals surface area contributed by atoms with Crippen LogP contribution in [-0.4, -0.2) is 33.5 Å². The van der Waals surface area contributed by atoms with E-state index in [4.69, 9.17) is 0 Å². The van der Waals surface area contributed by atoms with E-state index in [0.717, 1.165) is 6.08 Å². The maximum absolute atomic E-state index is 14.0. The number of nitrogens with zero attached hydrogens (tertiary/aromatic N) is 4. The van der Waals surface area contributed by atoms with Crippen LogP contribution in [-0.2, 0) is 11.8 Å². The SMILES string of the molecule is Cc1cc(C=C2C(=O)N(c3ccccc3)N=C2C(F)(F)C(F)(F)F)nn1C. The van der Waals surface area contributed by atoms with E-state index in [2.05, 4.69) is 10.2 Å². The lowest BCUT2D eigenvalue weighted by molar-refractivity contribution is -0.248. The van der Waals surface area contributed by atoms with Crippen molar-refractivity contribution in [2.24, 2.45) is 12.1 Å². The van der Waals surface area contributed by atoms with Crippen molar-refractivity contribution in [3.05, 3.63) is 53.4 Å². The quantitative estimate of drug-likeness (QED) is 0.598. The van der Waals surface area contributed by atoms with E-state index < -0.39 is 29.3 Å². The number of alkyl halides is 5. The number of hydrogen-bond acceptors (Lipinski definition) is 3. The number of para-hydroxylation sites is 1. The third kappa shape index (κ3) is 3.22. The van der Waals surface area contributed by atoms with E-state index in [1.807, 2.05) is 0 Å². The highest BCUT2D eigenvalue weighted by Crippen LogP contribution is 2.41. The number of amides is 1. The Hall–Kier alpha value is -3.04. The van der Waals surface area contributed by atoms with Crippen LogP contribution in [0.15, 0.2) is 47.1 Å². The summed E-state index contributed by atoms with van der Waals surface area (Å²) >= 11 is 0. The van der Waals surface area contributed by atoms with Gasteiger partial charge in [0.05, 0.1) is 17.0 Å². The molecule has 1 aliphatic rings. The van der Waals surface area contributed by atoms with Crippen LogP contribution >= 0.6 is 0 Å². The highest BCUT2D eigenvalue weighted by molar-refractivity contribution is 6.34. The number of rotatable bonds is 3. The lowest BCUT2D eigenvalue weighted by atomic mass is 10.0. The zero-order chi connectivity index (χ0) is 20.0. The maximum atomic E-state index is 14.0. The number of hydrogen-bond donors (Lipinski definition) is 0. The molecule has 0 spiro atoms. The minimum atomic E-state index is -5.90. The van der Waals surface area contributed by atoms with Crippen molar-refractivity contribution >= 4 is 23.4 Å². The third-order valence-corrected chi connectivity index (χ3v) is 3.96. The molecule has 0 atom stereocenters. The molecule has 0 N–H and O–H groups in total. The van der Waals surface area contributed by atoms with Crippen LogP contribution < -0.4 is 5.01 Å². The first-order valence-electron chi connectivity index (χ1n) is 7.68. The van der Waals surface area contributed by atoms with Gasteiger partial charge in [-0.15, -0.1) is 0 Å². The first-order valence-corrected chi connectivity index (χ1v) is 7.68. The van der Waals surface area contributed by atoms with Gasteiger partial charge in [0.25, 0.3) is 5.91 Å². The smallest absolute Gasteiger partial charge is 0.272 e. The van der Waals surface area contributed by atoms with Gasteiger partial charge in [-0.1, -0.05) is 18.2 Å². The summed E-state index contributed by atoms with van der Waals surface area (Å²) in [6.45, 7) is 1.67. The predicted octanol–water partition coefficient (Wildman–Crippen LogP) is 3.71. The molecule has 3 rings (SSSR count). The van der Waals surface area contributed by atoms with Crippen molar-refractivity contribution in [3.63, 3.8) is 0 Å². The van der Waals surface area contributed by atoms with E-state index in [1.54, 1.807) is 20.0 Å². The van der Waals surface area contributed by atoms with Crippen molar-refractivity contribution in [2.75, 3.05) is 5.01 Å². The number of aryl methyl sites for hydroxylation is 2. The minimum Gasteiger partial charge on any atom is -0.272 e. The molecule has 0 unspecified atom stereocenters. The first-order chi connectivity index (χ1) is 12.5.